The molecule has 178 valence electrons. The minimum atomic E-state index is -0.882. The summed E-state index contributed by atoms with van der Waals surface area (Å²) in [5, 5.41) is 18.7. The van der Waals surface area contributed by atoms with Crippen LogP contribution in [0.5, 0.6) is 0 Å². The third-order valence-corrected chi connectivity index (χ3v) is 5.60. The first kappa shape index (κ1) is 27.7. The molecule has 0 aromatic carbocycles. The number of ether oxygens (including phenoxy) is 1. The molecule has 7 nitrogen and oxygen atoms in total. The van der Waals surface area contributed by atoms with Crippen LogP contribution >= 0.6 is 0 Å². The second-order valence-electron chi connectivity index (χ2n) is 9.44. The zero-order valence-corrected chi connectivity index (χ0v) is 19.9. The van der Waals surface area contributed by atoms with E-state index in [4.69, 9.17) is 9.99 Å². The number of aliphatic hydroxyl groups excluding tert-OH is 1. The van der Waals surface area contributed by atoms with Crippen molar-refractivity contribution in [3.05, 3.63) is 47.8 Å². The summed E-state index contributed by atoms with van der Waals surface area (Å²) < 4.78 is 5.18. The molecule has 0 saturated carbocycles. The van der Waals surface area contributed by atoms with Gasteiger partial charge in [-0.25, -0.2) is 9.68 Å². The summed E-state index contributed by atoms with van der Waals surface area (Å²) in [6.45, 7) is 9.96. The molecule has 2 N–H and O–H groups in total. The van der Waals surface area contributed by atoms with E-state index in [0.717, 1.165) is 5.57 Å². The van der Waals surface area contributed by atoms with Crippen molar-refractivity contribution in [2.75, 3.05) is 6.61 Å². The van der Waals surface area contributed by atoms with Crippen LogP contribution in [0.25, 0.3) is 0 Å². The van der Waals surface area contributed by atoms with E-state index < -0.39 is 35.4 Å². The Kier molecular flexibility index (Phi) is 10.4. The summed E-state index contributed by atoms with van der Waals surface area (Å²) in [4.78, 5) is 41.5. The number of aliphatic hydroxyl groups is 1. The van der Waals surface area contributed by atoms with Gasteiger partial charge in [0.2, 0.25) is 0 Å². The zero-order chi connectivity index (χ0) is 24.5. The van der Waals surface area contributed by atoms with E-state index in [1.807, 2.05) is 13.0 Å². The Hall–Kier alpha value is -2.35. The summed E-state index contributed by atoms with van der Waals surface area (Å²) in [6, 6.07) is 0. The maximum atomic E-state index is 13.1. The molecule has 0 amide bonds. The van der Waals surface area contributed by atoms with E-state index in [9.17, 15) is 19.5 Å². The molecule has 0 saturated heterocycles. The largest absolute Gasteiger partial charge is 0.432 e. The smallest absolute Gasteiger partial charge is 0.335 e. The first-order chi connectivity index (χ1) is 14.8. The molecule has 1 aliphatic rings. The molecule has 1 rings (SSSR count). The molecule has 7 heteroatoms. The van der Waals surface area contributed by atoms with Gasteiger partial charge in [0, 0.05) is 24.0 Å². The van der Waals surface area contributed by atoms with Gasteiger partial charge in [0.05, 0.1) is 12.9 Å². The number of esters is 1. The van der Waals surface area contributed by atoms with Crippen molar-refractivity contribution in [3.63, 3.8) is 0 Å². The third kappa shape index (κ3) is 8.30. The molecule has 1 aliphatic carbocycles. The molecule has 0 spiro atoms. The van der Waals surface area contributed by atoms with Crippen LogP contribution in [-0.2, 0) is 24.0 Å². The molecular formula is C25H36O7. The normalized spacial score (nSPS) is 24.4. The van der Waals surface area contributed by atoms with Crippen molar-refractivity contribution in [1.29, 1.82) is 0 Å². The van der Waals surface area contributed by atoms with Crippen LogP contribution in [-0.4, -0.2) is 40.1 Å². The monoisotopic (exact) mass is 448 g/mol. The van der Waals surface area contributed by atoms with Gasteiger partial charge >= 0.3 is 5.97 Å². The zero-order valence-electron chi connectivity index (χ0n) is 19.9. The predicted molar refractivity (Wildman–Crippen MR) is 121 cm³/mol. The average molecular weight is 449 g/mol. The van der Waals surface area contributed by atoms with Gasteiger partial charge in [-0.05, 0) is 64.9 Å². The Bertz CT molecular complexity index is 812. The number of ketones is 2. The number of rotatable bonds is 10. The Labute approximate surface area is 190 Å². The second kappa shape index (κ2) is 12.0. The molecule has 3 atom stereocenters. The van der Waals surface area contributed by atoms with E-state index in [0.29, 0.717) is 12.8 Å². The Balaban J connectivity index is 3.39. The van der Waals surface area contributed by atoms with Gasteiger partial charge in [0.25, 0.3) is 0 Å². The molecule has 0 bridgehead atoms. The highest BCUT2D eigenvalue weighted by atomic mass is 17.1. The lowest BCUT2D eigenvalue weighted by molar-refractivity contribution is -0.297. The van der Waals surface area contributed by atoms with E-state index in [-0.39, 0.29) is 23.6 Å². The van der Waals surface area contributed by atoms with Crippen LogP contribution in [0.4, 0.5) is 0 Å². The maximum absolute atomic E-state index is 13.1. The molecule has 0 aliphatic heterocycles. The van der Waals surface area contributed by atoms with Crippen LogP contribution < -0.4 is 0 Å². The summed E-state index contributed by atoms with van der Waals surface area (Å²) in [5.74, 6) is -2.09. The van der Waals surface area contributed by atoms with E-state index in [1.54, 1.807) is 45.9 Å². The summed E-state index contributed by atoms with van der Waals surface area (Å²) in [7, 11) is 0. The lowest BCUT2D eigenvalue weighted by Gasteiger charge is -2.37. The molecule has 0 heterocycles. The minimum Gasteiger partial charge on any atom is -0.432 e. The van der Waals surface area contributed by atoms with Crippen LogP contribution in [0.1, 0.15) is 60.8 Å². The van der Waals surface area contributed by atoms with Crippen molar-refractivity contribution in [2.45, 2.75) is 66.4 Å². The Morgan fingerprint density at radius 3 is 2.47 bits per heavy atom. The Morgan fingerprint density at radius 1 is 1.28 bits per heavy atom. The number of carbonyl (C=O) groups excluding carboxylic acids is 3. The third-order valence-electron chi connectivity index (χ3n) is 5.60. The molecular weight excluding hydrogens is 412 g/mol. The van der Waals surface area contributed by atoms with Gasteiger partial charge in [0.15, 0.2) is 5.78 Å². The highest BCUT2D eigenvalue weighted by molar-refractivity contribution is 6.00. The number of hydrogen-bond donors (Lipinski definition) is 2. The van der Waals surface area contributed by atoms with Crippen molar-refractivity contribution in [1.82, 2.24) is 0 Å². The molecule has 0 aromatic heterocycles. The van der Waals surface area contributed by atoms with Gasteiger partial charge in [-0.3, -0.25) is 10.1 Å². The van der Waals surface area contributed by atoms with E-state index in [2.05, 4.69) is 4.89 Å². The molecule has 0 fully saturated rings. The quantitative estimate of drug-likeness (QED) is 0.128. The summed E-state index contributed by atoms with van der Waals surface area (Å²) in [6.07, 6.45) is 10.6. The highest BCUT2D eigenvalue weighted by Gasteiger charge is 2.43. The van der Waals surface area contributed by atoms with E-state index >= 15 is 0 Å². The first-order valence-electron chi connectivity index (χ1n) is 10.7. The Morgan fingerprint density at radius 2 is 1.94 bits per heavy atom. The van der Waals surface area contributed by atoms with Crippen LogP contribution in [0.15, 0.2) is 47.8 Å². The maximum Gasteiger partial charge on any atom is 0.335 e. The fraction of sp³-hybridized carbons (Fsp3) is 0.560. The first-order valence-corrected chi connectivity index (χ1v) is 10.7. The van der Waals surface area contributed by atoms with Crippen LogP contribution in [0.2, 0.25) is 0 Å². The van der Waals surface area contributed by atoms with Crippen LogP contribution in [0.3, 0.4) is 0 Å². The lowest BCUT2D eigenvalue weighted by atomic mass is 9.66. The van der Waals surface area contributed by atoms with Gasteiger partial charge in [-0.2, -0.15) is 0 Å². The molecule has 0 unspecified atom stereocenters. The van der Waals surface area contributed by atoms with Crippen molar-refractivity contribution in [3.8, 4) is 0 Å². The van der Waals surface area contributed by atoms with E-state index in [1.165, 1.54) is 19.3 Å². The summed E-state index contributed by atoms with van der Waals surface area (Å²) >= 11 is 0. The molecule has 32 heavy (non-hydrogen) atoms. The van der Waals surface area contributed by atoms with Crippen molar-refractivity contribution >= 4 is 17.5 Å². The molecule has 0 aromatic rings. The predicted octanol–water partition coefficient (Wildman–Crippen LogP) is 4.33. The topological polar surface area (TPSA) is 110 Å². The van der Waals surface area contributed by atoms with Gasteiger partial charge in [-0.1, -0.05) is 30.7 Å². The number of Topliss-reactive ketones (excluding diaryl/α,β-unsaturated/α-hetero) is 2. The summed E-state index contributed by atoms with van der Waals surface area (Å²) in [5.41, 5.74) is -0.341. The van der Waals surface area contributed by atoms with Gasteiger partial charge in [-0.15, -0.1) is 0 Å². The van der Waals surface area contributed by atoms with Gasteiger partial charge < -0.3 is 14.6 Å². The number of allylic oxidation sites excluding steroid dienone is 4. The number of hydrogen-bond acceptors (Lipinski definition) is 7. The lowest BCUT2D eigenvalue weighted by Crippen LogP contribution is -2.35. The standard InChI is InChI=1S/C25H36O7/c1-17(2)14-22(28)31-13-9-21-20(15-18(3)27)23(29)19(16-26)8-12-25(21,6)11-7-10-24(4,5)32-30/h7-10,13-14,20-21,26,30H,11-12,15-16H2,1-6H3/b10-7+,13-9+/t20-,21+,25+/m1/s1. The van der Waals surface area contributed by atoms with Gasteiger partial charge in [0.1, 0.15) is 11.4 Å². The van der Waals surface area contributed by atoms with Crippen molar-refractivity contribution < 1.29 is 34.4 Å². The number of carbonyl (C=O) groups is 3. The SMILES string of the molecule is CC(=O)C[C@H]1C(=O)C(CO)=CC[C@](C)(C/C=C/C(C)(C)OO)[C@H]1/C=C/OC(=O)C=C(C)C. The fourth-order valence-electron chi connectivity index (χ4n) is 3.84. The van der Waals surface area contributed by atoms with Crippen molar-refractivity contribution in [2.24, 2.45) is 17.3 Å². The highest BCUT2D eigenvalue weighted by Crippen LogP contribution is 2.46. The minimum absolute atomic E-state index is 0.0116. The second-order valence-corrected chi connectivity index (χ2v) is 9.44. The molecule has 0 radical (unpaired) electrons. The van der Waals surface area contributed by atoms with Crippen LogP contribution in [0, 0.1) is 17.3 Å². The average Bonchev–Trinajstić information content (AvgIpc) is 2.77. The fourth-order valence-corrected chi connectivity index (χ4v) is 3.84.